The van der Waals surface area contributed by atoms with E-state index in [0.29, 0.717) is 13.2 Å². The van der Waals surface area contributed by atoms with Gasteiger partial charge in [-0.1, -0.05) is 26.7 Å². The lowest BCUT2D eigenvalue weighted by molar-refractivity contribution is 0.0160. The SMILES string of the molecule is CCCCO[Si]1(OCCCC)O[Si](C)(C)O[Si](C)(C)O[Si](C)(C)O1. The highest BCUT2D eigenvalue weighted by Crippen LogP contribution is 2.32. The molecule has 144 valence electrons. The van der Waals surface area contributed by atoms with Crippen molar-refractivity contribution in [3.8, 4) is 0 Å². The van der Waals surface area contributed by atoms with E-state index in [0.717, 1.165) is 25.7 Å². The lowest BCUT2D eigenvalue weighted by atomic mass is 10.4. The molecule has 0 saturated carbocycles. The molecule has 6 nitrogen and oxygen atoms in total. The second kappa shape index (κ2) is 9.02. The first-order valence-electron chi connectivity index (χ1n) is 9.03. The Balaban J connectivity index is 3.05. The summed E-state index contributed by atoms with van der Waals surface area (Å²) in [6.07, 6.45) is 4.00. The van der Waals surface area contributed by atoms with Gasteiger partial charge in [-0.2, -0.15) is 0 Å². The molecule has 1 aliphatic rings. The molecule has 0 radical (unpaired) electrons. The lowest BCUT2D eigenvalue weighted by Gasteiger charge is -2.46. The second-order valence-electron chi connectivity index (χ2n) is 7.51. The van der Waals surface area contributed by atoms with Gasteiger partial charge in [0, 0.05) is 13.2 Å². The molecule has 0 N–H and O–H groups in total. The van der Waals surface area contributed by atoms with Crippen LogP contribution >= 0.6 is 0 Å². The minimum Gasteiger partial charge on any atom is -0.416 e. The van der Waals surface area contributed by atoms with Crippen molar-refractivity contribution < 1.29 is 25.3 Å². The lowest BCUT2D eigenvalue weighted by Crippen LogP contribution is -2.68. The van der Waals surface area contributed by atoms with Crippen LogP contribution in [0.5, 0.6) is 0 Å². The summed E-state index contributed by atoms with van der Waals surface area (Å²) in [5.74, 6) is 0. The molecule has 0 aliphatic carbocycles. The third-order valence-corrected chi connectivity index (χ3v) is 18.2. The van der Waals surface area contributed by atoms with Crippen molar-refractivity contribution in [1.82, 2.24) is 0 Å². The van der Waals surface area contributed by atoms with E-state index < -0.39 is 34.7 Å². The summed E-state index contributed by atoms with van der Waals surface area (Å²) in [6.45, 7) is 17.6. The highest BCUT2D eigenvalue weighted by atomic mass is 28.5. The first kappa shape index (κ1) is 22.7. The number of unbranched alkanes of at least 4 members (excludes halogenated alkanes) is 2. The Hall–Kier alpha value is 0.628. The Labute approximate surface area is 152 Å². The second-order valence-corrected chi connectivity index (χ2v) is 20.8. The molecule has 0 aromatic rings. The minimum atomic E-state index is -3.28. The maximum absolute atomic E-state index is 6.41. The zero-order valence-corrected chi connectivity index (χ0v) is 20.7. The van der Waals surface area contributed by atoms with E-state index in [1.807, 2.05) is 39.3 Å². The van der Waals surface area contributed by atoms with Crippen LogP contribution in [0.25, 0.3) is 0 Å². The van der Waals surface area contributed by atoms with Crippen molar-refractivity contribution in [2.75, 3.05) is 13.2 Å². The van der Waals surface area contributed by atoms with Crippen LogP contribution in [0.4, 0.5) is 0 Å². The molecule has 0 bridgehead atoms. The van der Waals surface area contributed by atoms with Gasteiger partial charge >= 0.3 is 34.7 Å². The van der Waals surface area contributed by atoms with Crippen LogP contribution in [-0.4, -0.2) is 47.9 Å². The Kier molecular flexibility index (Phi) is 8.52. The van der Waals surface area contributed by atoms with Gasteiger partial charge in [0.1, 0.15) is 0 Å². The van der Waals surface area contributed by atoms with E-state index in [4.69, 9.17) is 25.3 Å². The van der Waals surface area contributed by atoms with Crippen molar-refractivity contribution in [2.45, 2.75) is 78.8 Å². The number of hydrogen-bond donors (Lipinski definition) is 0. The summed E-state index contributed by atoms with van der Waals surface area (Å²) in [5.41, 5.74) is 0. The molecule has 0 aromatic heterocycles. The van der Waals surface area contributed by atoms with Crippen LogP contribution in [0.3, 0.4) is 0 Å². The van der Waals surface area contributed by atoms with Gasteiger partial charge in [0.2, 0.25) is 0 Å². The van der Waals surface area contributed by atoms with Gasteiger partial charge in [-0.3, -0.25) is 0 Å². The molecule has 0 unspecified atom stereocenters. The van der Waals surface area contributed by atoms with Crippen molar-refractivity contribution in [3.63, 3.8) is 0 Å². The summed E-state index contributed by atoms with van der Waals surface area (Å²) in [7, 11) is -10.5. The molecule has 1 rings (SSSR count). The number of hydrogen-bond acceptors (Lipinski definition) is 6. The molecule has 10 heteroatoms. The average Bonchev–Trinajstić information content (AvgIpc) is 2.33. The molecular formula is C14H36O6Si4. The van der Waals surface area contributed by atoms with E-state index in [2.05, 4.69) is 13.8 Å². The van der Waals surface area contributed by atoms with Crippen molar-refractivity contribution >= 4 is 34.7 Å². The van der Waals surface area contributed by atoms with E-state index >= 15 is 0 Å². The average molecular weight is 413 g/mol. The van der Waals surface area contributed by atoms with E-state index in [1.54, 1.807) is 0 Å². The van der Waals surface area contributed by atoms with Gasteiger partial charge in [-0.15, -0.1) is 0 Å². The molecule has 1 aliphatic heterocycles. The molecule has 0 atom stereocenters. The largest absolute Gasteiger partial charge is 0.661 e. The quantitative estimate of drug-likeness (QED) is 0.439. The van der Waals surface area contributed by atoms with E-state index in [1.165, 1.54) is 0 Å². The maximum atomic E-state index is 6.41. The van der Waals surface area contributed by atoms with Crippen LogP contribution in [0, 0.1) is 0 Å². The molecule has 24 heavy (non-hydrogen) atoms. The summed E-state index contributed by atoms with van der Waals surface area (Å²) < 4.78 is 37.7. The zero-order chi connectivity index (χ0) is 18.5. The Morgan fingerprint density at radius 1 is 0.583 bits per heavy atom. The Bertz CT molecular complexity index is 357. The Morgan fingerprint density at radius 3 is 1.25 bits per heavy atom. The normalized spacial score (nSPS) is 25.0. The van der Waals surface area contributed by atoms with Gasteiger partial charge < -0.3 is 25.3 Å². The highest BCUT2D eigenvalue weighted by Gasteiger charge is 2.59. The molecule has 0 aromatic carbocycles. The zero-order valence-electron chi connectivity index (χ0n) is 16.7. The van der Waals surface area contributed by atoms with Crippen LogP contribution in [0.15, 0.2) is 0 Å². The van der Waals surface area contributed by atoms with Crippen molar-refractivity contribution in [1.29, 1.82) is 0 Å². The van der Waals surface area contributed by atoms with E-state index in [-0.39, 0.29) is 0 Å². The summed E-state index contributed by atoms with van der Waals surface area (Å²) in [5, 5.41) is 0. The fourth-order valence-corrected chi connectivity index (χ4v) is 21.0. The smallest absolute Gasteiger partial charge is 0.416 e. The number of rotatable bonds is 8. The van der Waals surface area contributed by atoms with Gasteiger partial charge in [0.05, 0.1) is 0 Å². The topological polar surface area (TPSA) is 55.4 Å². The van der Waals surface area contributed by atoms with Gasteiger partial charge in [0.15, 0.2) is 0 Å². The summed E-state index contributed by atoms with van der Waals surface area (Å²) >= 11 is 0. The predicted octanol–water partition coefficient (Wildman–Crippen LogP) is 4.24. The van der Waals surface area contributed by atoms with Gasteiger partial charge in [-0.05, 0) is 52.1 Å². The van der Waals surface area contributed by atoms with Gasteiger partial charge in [0.25, 0.3) is 0 Å². The Morgan fingerprint density at radius 2 is 0.917 bits per heavy atom. The molecule has 1 saturated heterocycles. The monoisotopic (exact) mass is 412 g/mol. The molecule has 0 spiro atoms. The molecular weight excluding hydrogens is 376 g/mol. The first-order chi connectivity index (χ1) is 10.9. The third-order valence-electron chi connectivity index (χ3n) is 3.28. The fraction of sp³-hybridized carbons (Fsp3) is 1.00. The predicted molar refractivity (Wildman–Crippen MR) is 104 cm³/mol. The molecule has 1 fully saturated rings. The highest BCUT2D eigenvalue weighted by molar-refractivity contribution is 6.90. The molecule has 0 amide bonds. The standard InChI is InChI=1S/C14H36O6Si4/c1-9-11-13-15-24(16-14-12-10-2)19-22(5,6)17-21(3,4)18-23(7,8)20-24/h9-14H2,1-8H3. The van der Waals surface area contributed by atoms with Gasteiger partial charge in [-0.25, -0.2) is 0 Å². The summed E-state index contributed by atoms with van der Waals surface area (Å²) in [6, 6.07) is 0. The third kappa shape index (κ3) is 7.89. The summed E-state index contributed by atoms with van der Waals surface area (Å²) in [4.78, 5) is 0. The van der Waals surface area contributed by atoms with Crippen LogP contribution < -0.4 is 0 Å². The van der Waals surface area contributed by atoms with E-state index in [9.17, 15) is 0 Å². The van der Waals surface area contributed by atoms with Crippen molar-refractivity contribution in [2.24, 2.45) is 0 Å². The molecule has 1 heterocycles. The van der Waals surface area contributed by atoms with Crippen LogP contribution in [0.1, 0.15) is 39.5 Å². The minimum absolute atomic E-state index is 0.574. The van der Waals surface area contributed by atoms with Crippen molar-refractivity contribution in [3.05, 3.63) is 0 Å². The maximum Gasteiger partial charge on any atom is 0.661 e. The fourth-order valence-electron chi connectivity index (χ4n) is 2.71. The van der Waals surface area contributed by atoms with Crippen LogP contribution in [0.2, 0.25) is 39.3 Å². The van der Waals surface area contributed by atoms with Crippen LogP contribution in [-0.2, 0) is 25.3 Å². The first-order valence-corrected chi connectivity index (χ1v) is 19.1.